The molecule has 1 fully saturated rings. The van der Waals surface area contributed by atoms with Gasteiger partial charge in [0.05, 0.1) is 0 Å². The molecule has 0 spiro atoms. The minimum Gasteiger partial charge on any atom is -0.489 e. The van der Waals surface area contributed by atoms with Crippen LogP contribution in [0, 0.1) is 11.3 Å². The molecule has 0 unspecified atom stereocenters. The van der Waals surface area contributed by atoms with Gasteiger partial charge in [-0.25, -0.2) is 0 Å². The van der Waals surface area contributed by atoms with E-state index in [0.717, 1.165) is 5.56 Å². The number of hydrogen-bond donors (Lipinski definition) is 0. The number of nitrogens with zero attached hydrogens (tertiary/aromatic N) is 2. The Morgan fingerprint density at radius 1 is 1.06 bits per heavy atom. The quantitative estimate of drug-likeness (QED) is 0.660. The van der Waals surface area contributed by atoms with Crippen molar-refractivity contribution in [1.82, 2.24) is 9.80 Å². The Labute approximate surface area is 195 Å². The van der Waals surface area contributed by atoms with Crippen LogP contribution in [0.2, 0.25) is 0 Å². The third kappa shape index (κ3) is 4.80. The van der Waals surface area contributed by atoms with Crippen LogP contribution in [0.1, 0.15) is 39.2 Å². The molecule has 0 bridgehead atoms. The fraction of sp³-hybridized carbons (Fsp3) is 0.444. The number of hydrogen-bond acceptors (Lipinski definition) is 4. The lowest BCUT2D eigenvalue weighted by Gasteiger charge is -2.37. The Morgan fingerprint density at radius 3 is 2.33 bits per heavy atom. The zero-order chi connectivity index (χ0) is 23.8. The molecule has 6 heteroatoms. The summed E-state index contributed by atoms with van der Waals surface area (Å²) in [5.74, 6) is -0.158. The van der Waals surface area contributed by atoms with Crippen molar-refractivity contribution >= 4 is 23.7 Å². The fourth-order valence-electron chi connectivity index (χ4n) is 4.91. The van der Waals surface area contributed by atoms with Crippen molar-refractivity contribution in [3.63, 3.8) is 0 Å². The predicted octanol–water partition coefficient (Wildman–Crippen LogP) is 3.60. The van der Waals surface area contributed by atoms with E-state index in [1.165, 1.54) is 0 Å². The van der Waals surface area contributed by atoms with Gasteiger partial charge in [-0.3, -0.25) is 14.4 Å². The summed E-state index contributed by atoms with van der Waals surface area (Å²) in [5, 5.41) is 0. The van der Waals surface area contributed by atoms with Crippen LogP contribution >= 0.6 is 0 Å². The van der Waals surface area contributed by atoms with E-state index in [1.54, 1.807) is 16.7 Å². The second kappa shape index (κ2) is 9.00. The molecule has 0 radical (unpaired) electrons. The number of allylic oxidation sites excluding steroid dienone is 1. The molecule has 1 saturated heterocycles. The molecule has 2 atom stereocenters. The van der Waals surface area contributed by atoms with Gasteiger partial charge in [0.15, 0.2) is 5.78 Å². The lowest BCUT2D eigenvalue weighted by Crippen LogP contribution is -2.53. The average Bonchev–Trinajstić information content (AvgIpc) is 3.14. The van der Waals surface area contributed by atoms with E-state index in [-0.39, 0.29) is 23.0 Å². The van der Waals surface area contributed by atoms with Gasteiger partial charge in [0.25, 0.3) is 0 Å². The number of Topliss-reactive ketones (excluding diaryl/α,β-unsaturated/α-hetero) is 1. The largest absolute Gasteiger partial charge is 0.489 e. The summed E-state index contributed by atoms with van der Waals surface area (Å²) in [6, 6.07) is 9.84. The van der Waals surface area contributed by atoms with Crippen LogP contribution in [0.5, 0.6) is 0 Å². The van der Waals surface area contributed by atoms with Crippen molar-refractivity contribution in [2.45, 2.75) is 39.7 Å². The number of piperazine rings is 1. The van der Waals surface area contributed by atoms with Crippen LogP contribution in [-0.4, -0.2) is 59.7 Å². The molecule has 2 aliphatic heterocycles. The highest BCUT2D eigenvalue weighted by Gasteiger charge is 2.49. The number of carbonyl (C=O) groups is 3. The lowest BCUT2D eigenvalue weighted by atomic mass is 9.74. The van der Waals surface area contributed by atoms with Gasteiger partial charge in [0.2, 0.25) is 11.8 Å². The van der Waals surface area contributed by atoms with Gasteiger partial charge >= 0.3 is 0 Å². The molecular weight excluding hydrogens is 416 g/mol. The number of ketones is 1. The van der Waals surface area contributed by atoms with Gasteiger partial charge in [0, 0.05) is 50.2 Å². The molecule has 4 rings (SSSR count). The minimum atomic E-state index is -0.646. The molecular formula is C27H32N2O4. The number of ether oxygens (including phenoxy) is 1. The summed E-state index contributed by atoms with van der Waals surface area (Å²) in [5.41, 5.74) is 1.87. The summed E-state index contributed by atoms with van der Waals surface area (Å²) in [6.45, 7) is 11.3. The van der Waals surface area contributed by atoms with E-state index in [1.807, 2.05) is 42.5 Å². The number of carbonyl (C=O) groups excluding carboxylic acids is 3. The molecule has 2 amide bonds. The zero-order valence-electron chi connectivity index (χ0n) is 19.7. The van der Waals surface area contributed by atoms with Gasteiger partial charge in [-0.1, -0.05) is 56.8 Å². The van der Waals surface area contributed by atoms with Gasteiger partial charge in [-0.05, 0) is 24.0 Å². The molecule has 1 aliphatic carbocycles. The normalized spacial score (nSPS) is 24.6. The smallest absolute Gasteiger partial charge is 0.249 e. The van der Waals surface area contributed by atoms with E-state index in [4.69, 9.17) is 4.74 Å². The van der Waals surface area contributed by atoms with Crippen LogP contribution in [-0.2, 0) is 19.1 Å². The third-order valence-corrected chi connectivity index (χ3v) is 6.58. The standard InChI is InChI=1S/C27H32N2O4/c1-18(2)25(31)28-12-14-29(15-13-28)26(32)24-21(11-10-19-8-6-5-7-9-19)33-22-17-27(3,4)16-20(30)23(22)24/h5-11,21,24H,1,12-17H2,2-4H3/t21-,24-/m0/s1. The third-order valence-electron chi connectivity index (χ3n) is 6.58. The van der Waals surface area contributed by atoms with Gasteiger partial charge < -0.3 is 14.5 Å². The van der Waals surface area contributed by atoms with Crippen LogP contribution in [0.15, 0.2) is 59.9 Å². The van der Waals surface area contributed by atoms with Crippen molar-refractivity contribution in [1.29, 1.82) is 0 Å². The molecule has 174 valence electrons. The van der Waals surface area contributed by atoms with Gasteiger partial charge in [-0.2, -0.15) is 0 Å². The Kier molecular flexibility index (Phi) is 6.28. The first-order valence-corrected chi connectivity index (χ1v) is 11.6. The van der Waals surface area contributed by atoms with Crippen LogP contribution < -0.4 is 0 Å². The highest BCUT2D eigenvalue weighted by atomic mass is 16.5. The predicted molar refractivity (Wildman–Crippen MR) is 127 cm³/mol. The molecule has 0 aromatic heterocycles. The SMILES string of the molecule is C=C(C)C(=O)N1CCN(C(=O)[C@@H]2C3=C(CC(C)(C)CC3=O)O[C@H]2C=Cc2ccccc2)CC1. The topological polar surface area (TPSA) is 66.9 Å². The molecule has 0 saturated carbocycles. The zero-order valence-corrected chi connectivity index (χ0v) is 19.7. The first-order valence-electron chi connectivity index (χ1n) is 11.6. The van der Waals surface area contributed by atoms with Gasteiger partial charge in [0.1, 0.15) is 17.8 Å². The molecule has 33 heavy (non-hydrogen) atoms. The second-order valence-corrected chi connectivity index (χ2v) is 10.0. The maximum Gasteiger partial charge on any atom is 0.249 e. The van der Waals surface area contributed by atoms with Crippen molar-refractivity contribution in [2.75, 3.05) is 26.2 Å². The summed E-state index contributed by atoms with van der Waals surface area (Å²) < 4.78 is 6.26. The van der Waals surface area contributed by atoms with Gasteiger partial charge in [-0.15, -0.1) is 0 Å². The highest BCUT2D eigenvalue weighted by Crippen LogP contribution is 2.46. The summed E-state index contributed by atoms with van der Waals surface area (Å²) in [6.07, 6.45) is 4.39. The van der Waals surface area contributed by atoms with Crippen molar-refractivity contribution in [3.05, 3.63) is 65.5 Å². The van der Waals surface area contributed by atoms with E-state index < -0.39 is 12.0 Å². The molecule has 1 aromatic carbocycles. The Hall–Kier alpha value is -3.15. The Morgan fingerprint density at radius 2 is 1.70 bits per heavy atom. The lowest BCUT2D eigenvalue weighted by molar-refractivity contribution is -0.141. The Bertz CT molecular complexity index is 1030. The Balaban J connectivity index is 1.57. The number of benzene rings is 1. The van der Waals surface area contributed by atoms with Crippen molar-refractivity contribution in [3.8, 4) is 0 Å². The fourth-order valence-corrected chi connectivity index (χ4v) is 4.91. The molecule has 2 heterocycles. The monoisotopic (exact) mass is 448 g/mol. The summed E-state index contributed by atoms with van der Waals surface area (Å²) >= 11 is 0. The maximum absolute atomic E-state index is 13.7. The van der Waals surface area contributed by atoms with Crippen LogP contribution in [0.25, 0.3) is 6.08 Å². The maximum atomic E-state index is 13.7. The van der Waals surface area contributed by atoms with Crippen molar-refractivity contribution in [2.24, 2.45) is 11.3 Å². The van der Waals surface area contributed by atoms with E-state index in [2.05, 4.69) is 20.4 Å². The first kappa shape index (κ1) is 23.0. The minimum absolute atomic E-state index is 0.00584. The number of amides is 2. The highest BCUT2D eigenvalue weighted by molar-refractivity contribution is 6.04. The average molecular weight is 449 g/mol. The number of rotatable bonds is 4. The molecule has 6 nitrogen and oxygen atoms in total. The first-order chi connectivity index (χ1) is 15.7. The van der Waals surface area contributed by atoms with Crippen molar-refractivity contribution < 1.29 is 19.1 Å². The summed E-state index contributed by atoms with van der Waals surface area (Å²) in [7, 11) is 0. The second-order valence-electron chi connectivity index (χ2n) is 10.0. The molecule has 1 aromatic rings. The van der Waals surface area contributed by atoms with E-state index in [9.17, 15) is 14.4 Å². The molecule has 3 aliphatic rings. The van der Waals surface area contributed by atoms with Crippen LogP contribution in [0.4, 0.5) is 0 Å². The van der Waals surface area contributed by atoms with Crippen LogP contribution in [0.3, 0.4) is 0 Å². The molecule has 0 N–H and O–H groups in total. The van der Waals surface area contributed by atoms with E-state index >= 15 is 0 Å². The summed E-state index contributed by atoms with van der Waals surface area (Å²) in [4.78, 5) is 42.6. The van der Waals surface area contributed by atoms with E-state index in [0.29, 0.717) is 55.9 Å².